The van der Waals surface area contributed by atoms with Crippen molar-refractivity contribution in [2.24, 2.45) is 0 Å². The minimum Gasteiger partial charge on any atom is -0.311 e. The summed E-state index contributed by atoms with van der Waals surface area (Å²) in [4.78, 5) is 12.5. The highest BCUT2D eigenvalue weighted by Gasteiger charge is 2.21. The molecule has 0 saturated heterocycles. The molecule has 0 amide bonds. The summed E-state index contributed by atoms with van der Waals surface area (Å²) in [6, 6.07) is 3.94. The molecule has 0 saturated carbocycles. The molecule has 4 nitrogen and oxygen atoms in total. The molecule has 0 aliphatic rings. The van der Waals surface area contributed by atoms with Gasteiger partial charge in [0.2, 0.25) is 0 Å². The Morgan fingerprint density at radius 3 is 2.42 bits per heavy atom. The summed E-state index contributed by atoms with van der Waals surface area (Å²) in [5, 5.41) is 4.24. The molecule has 0 N–H and O–H groups in total. The number of rotatable bonds is 2. The van der Waals surface area contributed by atoms with E-state index in [0.717, 1.165) is 11.3 Å². The molecule has 0 spiro atoms. The van der Waals surface area contributed by atoms with Crippen LogP contribution in [0.5, 0.6) is 0 Å². The van der Waals surface area contributed by atoms with Gasteiger partial charge in [0.25, 0.3) is 5.56 Å². The van der Waals surface area contributed by atoms with Crippen LogP contribution in [-0.4, -0.2) is 14.3 Å². The normalized spacial score (nSPS) is 12.1. The van der Waals surface area contributed by atoms with Crippen molar-refractivity contribution >= 4 is 0 Å². The monoisotopic (exact) mass is 259 g/mol. The molecular weight excluding hydrogens is 238 g/mol. The summed E-state index contributed by atoms with van der Waals surface area (Å²) < 4.78 is 3.56. The summed E-state index contributed by atoms with van der Waals surface area (Å²) in [6.45, 7) is 10.2. The first-order valence-corrected chi connectivity index (χ1v) is 6.57. The standard InChI is InChI=1S/C15H21N3O/c1-11(2)17-10-12(18-8-6-7-16-18)9-13(14(17)19)15(3,4)5/h6-11H,1-5H3. The van der Waals surface area contributed by atoms with Crippen LogP contribution in [0.2, 0.25) is 0 Å². The van der Waals surface area contributed by atoms with Crippen LogP contribution in [0.15, 0.2) is 35.5 Å². The van der Waals surface area contributed by atoms with Crippen LogP contribution in [0.4, 0.5) is 0 Å². The largest absolute Gasteiger partial charge is 0.311 e. The highest BCUT2D eigenvalue weighted by Crippen LogP contribution is 2.21. The maximum atomic E-state index is 12.5. The van der Waals surface area contributed by atoms with Crippen LogP contribution < -0.4 is 5.56 Å². The summed E-state index contributed by atoms with van der Waals surface area (Å²) in [5.74, 6) is 0. The van der Waals surface area contributed by atoms with E-state index in [1.165, 1.54) is 0 Å². The van der Waals surface area contributed by atoms with Crippen LogP contribution in [-0.2, 0) is 5.41 Å². The van der Waals surface area contributed by atoms with Gasteiger partial charge in [-0.15, -0.1) is 0 Å². The molecule has 2 aromatic rings. The zero-order valence-electron chi connectivity index (χ0n) is 12.2. The second-order valence-corrected chi connectivity index (χ2v) is 6.12. The molecule has 0 atom stereocenters. The Labute approximate surface area is 113 Å². The van der Waals surface area contributed by atoms with Crippen molar-refractivity contribution in [1.29, 1.82) is 0 Å². The van der Waals surface area contributed by atoms with Crippen molar-refractivity contribution in [3.05, 3.63) is 46.6 Å². The zero-order valence-corrected chi connectivity index (χ0v) is 12.2. The molecule has 19 heavy (non-hydrogen) atoms. The highest BCUT2D eigenvalue weighted by molar-refractivity contribution is 5.35. The molecule has 0 aromatic carbocycles. The van der Waals surface area contributed by atoms with E-state index < -0.39 is 0 Å². The molecule has 0 fully saturated rings. The van der Waals surface area contributed by atoms with Crippen molar-refractivity contribution in [3.8, 4) is 5.69 Å². The van der Waals surface area contributed by atoms with Gasteiger partial charge < -0.3 is 4.57 Å². The third kappa shape index (κ3) is 2.62. The van der Waals surface area contributed by atoms with Gasteiger partial charge in [0, 0.05) is 30.2 Å². The summed E-state index contributed by atoms with van der Waals surface area (Å²) >= 11 is 0. The summed E-state index contributed by atoms with van der Waals surface area (Å²) in [5.41, 5.74) is 1.63. The summed E-state index contributed by atoms with van der Waals surface area (Å²) in [6.07, 6.45) is 5.49. The lowest BCUT2D eigenvalue weighted by atomic mass is 9.87. The van der Waals surface area contributed by atoms with E-state index in [4.69, 9.17) is 0 Å². The predicted molar refractivity (Wildman–Crippen MR) is 76.9 cm³/mol. The Balaban J connectivity index is 2.72. The molecule has 0 radical (unpaired) electrons. The number of nitrogens with zero attached hydrogens (tertiary/aromatic N) is 3. The second-order valence-electron chi connectivity index (χ2n) is 6.12. The van der Waals surface area contributed by atoms with Crippen LogP contribution in [0.25, 0.3) is 5.69 Å². The van der Waals surface area contributed by atoms with Gasteiger partial charge in [-0.2, -0.15) is 5.10 Å². The van der Waals surface area contributed by atoms with Crippen molar-refractivity contribution in [3.63, 3.8) is 0 Å². The number of hydrogen-bond donors (Lipinski definition) is 0. The molecule has 4 heteroatoms. The third-order valence-electron chi connectivity index (χ3n) is 3.16. The summed E-state index contributed by atoms with van der Waals surface area (Å²) in [7, 11) is 0. The quantitative estimate of drug-likeness (QED) is 0.832. The Kier molecular flexibility index (Phi) is 3.35. The minimum absolute atomic E-state index is 0.0819. The van der Waals surface area contributed by atoms with E-state index in [1.807, 2.05) is 38.4 Å². The number of aromatic nitrogens is 3. The Morgan fingerprint density at radius 1 is 1.26 bits per heavy atom. The van der Waals surface area contributed by atoms with Crippen molar-refractivity contribution in [2.45, 2.75) is 46.1 Å². The third-order valence-corrected chi connectivity index (χ3v) is 3.16. The maximum Gasteiger partial charge on any atom is 0.254 e. The van der Waals surface area contributed by atoms with E-state index >= 15 is 0 Å². The lowest BCUT2D eigenvalue weighted by molar-refractivity contribution is 0.530. The van der Waals surface area contributed by atoms with Crippen molar-refractivity contribution in [1.82, 2.24) is 14.3 Å². The first-order chi connectivity index (χ1) is 8.80. The Morgan fingerprint density at radius 2 is 1.95 bits per heavy atom. The Bertz CT molecular complexity index is 616. The first-order valence-electron chi connectivity index (χ1n) is 6.57. The average Bonchev–Trinajstić information content (AvgIpc) is 2.80. The van der Waals surface area contributed by atoms with Gasteiger partial charge >= 0.3 is 0 Å². The van der Waals surface area contributed by atoms with Crippen LogP contribution >= 0.6 is 0 Å². The fourth-order valence-corrected chi connectivity index (χ4v) is 2.05. The SMILES string of the molecule is CC(C)n1cc(-n2cccn2)cc(C(C)(C)C)c1=O. The fourth-order valence-electron chi connectivity index (χ4n) is 2.05. The van der Waals surface area contributed by atoms with Gasteiger partial charge in [-0.25, -0.2) is 4.68 Å². The molecule has 102 valence electrons. The van der Waals surface area contributed by atoms with E-state index in [1.54, 1.807) is 15.4 Å². The molecular formula is C15H21N3O. The van der Waals surface area contributed by atoms with Gasteiger partial charge in [0.05, 0.1) is 5.69 Å². The lowest BCUT2D eigenvalue weighted by Gasteiger charge is -2.22. The molecule has 2 heterocycles. The van der Waals surface area contributed by atoms with Crippen molar-refractivity contribution < 1.29 is 0 Å². The van der Waals surface area contributed by atoms with Gasteiger partial charge in [-0.3, -0.25) is 4.79 Å². The van der Waals surface area contributed by atoms with E-state index in [2.05, 4.69) is 25.9 Å². The highest BCUT2D eigenvalue weighted by atomic mass is 16.1. The molecule has 0 unspecified atom stereocenters. The van der Waals surface area contributed by atoms with E-state index in [-0.39, 0.29) is 17.0 Å². The molecule has 0 bridgehead atoms. The van der Waals surface area contributed by atoms with Gasteiger partial charge in [-0.05, 0) is 31.4 Å². The second kappa shape index (κ2) is 4.68. The fraction of sp³-hybridized carbons (Fsp3) is 0.467. The Hall–Kier alpha value is -1.84. The maximum absolute atomic E-state index is 12.5. The van der Waals surface area contributed by atoms with Crippen LogP contribution in [0.3, 0.4) is 0 Å². The average molecular weight is 259 g/mol. The zero-order chi connectivity index (χ0) is 14.2. The van der Waals surface area contributed by atoms with Gasteiger partial charge in [0.1, 0.15) is 0 Å². The molecule has 0 aliphatic heterocycles. The van der Waals surface area contributed by atoms with Crippen LogP contribution in [0, 0.1) is 0 Å². The lowest BCUT2D eigenvalue weighted by Crippen LogP contribution is -2.31. The van der Waals surface area contributed by atoms with Gasteiger partial charge in [-0.1, -0.05) is 20.8 Å². The first kappa shape index (κ1) is 13.6. The topological polar surface area (TPSA) is 39.8 Å². The van der Waals surface area contributed by atoms with Crippen LogP contribution in [0.1, 0.15) is 46.2 Å². The smallest absolute Gasteiger partial charge is 0.254 e. The number of pyridine rings is 1. The minimum atomic E-state index is -0.184. The predicted octanol–water partition coefficient (Wildman–Crippen LogP) is 2.91. The molecule has 2 rings (SSSR count). The molecule has 2 aromatic heterocycles. The van der Waals surface area contributed by atoms with E-state index in [0.29, 0.717) is 0 Å². The molecule has 0 aliphatic carbocycles. The number of hydrogen-bond acceptors (Lipinski definition) is 2. The van der Waals surface area contributed by atoms with E-state index in [9.17, 15) is 4.79 Å². The van der Waals surface area contributed by atoms with Gasteiger partial charge in [0.15, 0.2) is 0 Å². The van der Waals surface area contributed by atoms with Crippen molar-refractivity contribution in [2.75, 3.05) is 0 Å².